The lowest BCUT2D eigenvalue weighted by atomic mass is 9.81. The van der Waals surface area contributed by atoms with Crippen molar-refractivity contribution < 1.29 is 9.53 Å². The van der Waals surface area contributed by atoms with Crippen LogP contribution in [-0.2, 0) is 37.0 Å². The highest BCUT2D eigenvalue weighted by Gasteiger charge is 2.31. The van der Waals surface area contributed by atoms with Gasteiger partial charge in [-0.15, -0.1) is 0 Å². The van der Waals surface area contributed by atoms with E-state index in [-0.39, 0.29) is 5.97 Å². The Hall–Kier alpha value is -1.31. The second-order valence-corrected chi connectivity index (χ2v) is 6.34. The van der Waals surface area contributed by atoms with Crippen molar-refractivity contribution in [1.29, 1.82) is 0 Å². The zero-order valence-corrected chi connectivity index (χ0v) is 14.7. The molecule has 1 aliphatic heterocycles. The average Bonchev–Trinajstić information content (AvgIpc) is 2.88. The Morgan fingerprint density at radius 2 is 1.18 bits per heavy atom. The van der Waals surface area contributed by atoms with E-state index in [0.29, 0.717) is 6.61 Å². The van der Waals surface area contributed by atoms with Gasteiger partial charge < -0.3 is 4.74 Å². The molecule has 0 radical (unpaired) electrons. The highest BCUT2D eigenvalue weighted by molar-refractivity contribution is 5.96. The van der Waals surface area contributed by atoms with Gasteiger partial charge in [0.25, 0.3) is 0 Å². The van der Waals surface area contributed by atoms with Crippen molar-refractivity contribution in [3.05, 3.63) is 33.4 Å². The summed E-state index contributed by atoms with van der Waals surface area (Å²) >= 11 is 0. The maximum absolute atomic E-state index is 12.3. The monoisotopic (exact) mass is 302 g/mol. The van der Waals surface area contributed by atoms with Gasteiger partial charge in [0.2, 0.25) is 0 Å². The third-order valence-corrected chi connectivity index (χ3v) is 4.61. The van der Waals surface area contributed by atoms with Crippen LogP contribution >= 0.6 is 0 Å². The van der Waals surface area contributed by atoms with Gasteiger partial charge in [-0.3, -0.25) is 0 Å². The van der Waals surface area contributed by atoms with E-state index in [0.717, 1.165) is 56.9 Å². The van der Waals surface area contributed by atoms with Gasteiger partial charge in [-0.1, -0.05) is 53.4 Å². The number of hydrogen-bond acceptors (Lipinski definition) is 2. The quantitative estimate of drug-likeness (QED) is 0.619. The largest absolute Gasteiger partial charge is 0.457 e. The van der Waals surface area contributed by atoms with Crippen LogP contribution in [0, 0.1) is 0 Å². The van der Waals surface area contributed by atoms with Gasteiger partial charge in [0.05, 0.1) is 5.56 Å². The number of hydrogen-bond donors (Lipinski definition) is 0. The van der Waals surface area contributed by atoms with Crippen LogP contribution in [0.3, 0.4) is 0 Å². The predicted molar refractivity (Wildman–Crippen MR) is 91.5 cm³/mol. The SMILES string of the molecule is CCCc1c(CCC)c(CCC)c2c(c1CCC)COC2=O. The fourth-order valence-corrected chi connectivity index (χ4v) is 3.83. The van der Waals surface area contributed by atoms with Gasteiger partial charge in [0, 0.05) is 5.56 Å². The average molecular weight is 302 g/mol. The van der Waals surface area contributed by atoms with Crippen LogP contribution in [-0.4, -0.2) is 5.97 Å². The second kappa shape index (κ2) is 7.80. The van der Waals surface area contributed by atoms with E-state index in [1.54, 1.807) is 0 Å². The lowest BCUT2D eigenvalue weighted by Gasteiger charge is -2.22. The highest BCUT2D eigenvalue weighted by Crippen LogP contribution is 2.36. The van der Waals surface area contributed by atoms with Crippen LogP contribution < -0.4 is 0 Å². The predicted octanol–water partition coefficient (Wildman–Crippen LogP) is 5.17. The Bertz CT molecular complexity index is 543. The highest BCUT2D eigenvalue weighted by atomic mass is 16.5. The minimum atomic E-state index is -0.0868. The van der Waals surface area contributed by atoms with E-state index < -0.39 is 0 Å². The number of fused-ring (bicyclic) bond motifs is 1. The molecule has 1 aromatic carbocycles. The van der Waals surface area contributed by atoms with Gasteiger partial charge in [0.1, 0.15) is 6.61 Å². The van der Waals surface area contributed by atoms with Crippen molar-refractivity contribution in [3.8, 4) is 0 Å². The zero-order chi connectivity index (χ0) is 16.1. The molecule has 2 heteroatoms. The molecule has 0 fully saturated rings. The van der Waals surface area contributed by atoms with Crippen molar-refractivity contribution in [2.45, 2.75) is 85.7 Å². The van der Waals surface area contributed by atoms with E-state index in [2.05, 4.69) is 27.7 Å². The Labute approximate surface area is 135 Å². The number of ether oxygens (including phenoxy) is 1. The molecule has 0 spiro atoms. The second-order valence-electron chi connectivity index (χ2n) is 6.34. The van der Waals surface area contributed by atoms with Gasteiger partial charge >= 0.3 is 5.97 Å². The van der Waals surface area contributed by atoms with Crippen molar-refractivity contribution in [1.82, 2.24) is 0 Å². The van der Waals surface area contributed by atoms with Crippen LogP contribution in [0.2, 0.25) is 0 Å². The molecule has 0 N–H and O–H groups in total. The van der Waals surface area contributed by atoms with Crippen LogP contribution in [0.25, 0.3) is 0 Å². The molecule has 2 rings (SSSR count). The molecule has 1 aliphatic rings. The summed E-state index contributed by atoms with van der Waals surface area (Å²) in [5, 5.41) is 0. The summed E-state index contributed by atoms with van der Waals surface area (Å²) < 4.78 is 5.42. The number of carbonyl (C=O) groups excluding carboxylic acids is 1. The maximum atomic E-state index is 12.3. The molecule has 0 aromatic heterocycles. The first-order valence-electron chi connectivity index (χ1n) is 9.04. The standard InChI is InChI=1S/C20H30O2/c1-5-9-14-15(10-6-2)17(12-8-4)19-18(13-22-20(19)21)16(14)11-7-3/h5-13H2,1-4H3. The molecule has 0 aliphatic carbocycles. The summed E-state index contributed by atoms with van der Waals surface area (Å²) in [5.74, 6) is -0.0868. The molecule has 1 aromatic rings. The Morgan fingerprint density at radius 1 is 0.727 bits per heavy atom. The summed E-state index contributed by atoms with van der Waals surface area (Å²) in [6.45, 7) is 9.39. The van der Waals surface area contributed by atoms with Crippen LogP contribution in [0.4, 0.5) is 0 Å². The molecule has 1 heterocycles. The number of esters is 1. The molecule has 0 saturated heterocycles. The Balaban J connectivity index is 2.73. The topological polar surface area (TPSA) is 26.3 Å². The lowest BCUT2D eigenvalue weighted by Crippen LogP contribution is -2.12. The van der Waals surface area contributed by atoms with E-state index >= 15 is 0 Å². The molecule has 22 heavy (non-hydrogen) atoms. The smallest absolute Gasteiger partial charge is 0.339 e. The van der Waals surface area contributed by atoms with Gasteiger partial charge in [-0.05, 0) is 47.9 Å². The molecule has 2 nitrogen and oxygen atoms in total. The number of carbonyl (C=O) groups is 1. The summed E-state index contributed by atoms with van der Waals surface area (Å²) in [4.78, 5) is 12.3. The third-order valence-electron chi connectivity index (χ3n) is 4.61. The summed E-state index contributed by atoms with van der Waals surface area (Å²) in [6.07, 6.45) is 8.77. The first kappa shape index (κ1) is 17.1. The van der Waals surface area contributed by atoms with Crippen molar-refractivity contribution in [2.75, 3.05) is 0 Å². The Morgan fingerprint density at radius 3 is 1.73 bits per heavy atom. The van der Waals surface area contributed by atoms with Crippen molar-refractivity contribution in [3.63, 3.8) is 0 Å². The lowest BCUT2D eigenvalue weighted by molar-refractivity contribution is 0.0534. The molecule has 122 valence electrons. The molecule has 0 saturated carbocycles. The van der Waals surface area contributed by atoms with Crippen LogP contribution in [0.15, 0.2) is 0 Å². The number of cyclic esters (lactones) is 1. The molecule has 0 atom stereocenters. The molecular weight excluding hydrogens is 272 g/mol. The van der Waals surface area contributed by atoms with Crippen LogP contribution in [0.5, 0.6) is 0 Å². The first-order chi connectivity index (χ1) is 10.7. The number of rotatable bonds is 8. The summed E-state index contributed by atoms with van der Waals surface area (Å²) in [7, 11) is 0. The molecule has 0 amide bonds. The van der Waals surface area contributed by atoms with E-state index in [1.165, 1.54) is 27.8 Å². The summed E-state index contributed by atoms with van der Waals surface area (Å²) in [6, 6.07) is 0. The van der Waals surface area contributed by atoms with Crippen molar-refractivity contribution in [2.24, 2.45) is 0 Å². The molecule has 0 unspecified atom stereocenters. The van der Waals surface area contributed by atoms with Gasteiger partial charge in [0.15, 0.2) is 0 Å². The molecular formula is C20H30O2. The van der Waals surface area contributed by atoms with Crippen molar-refractivity contribution >= 4 is 5.97 Å². The fraction of sp³-hybridized carbons (Fsp3) is 0.650. The van der Waals surface area contributed by atoms with Gasteiger partial charge in [-0.2, -0.15) is 0 Å². The summed E-state index contributed by atoms with van der Waals surface area (Å²) in [5.41, 5.74) is 7.85. The van der Waals surface area contributed by atoms with Crippen LogP contribution in [0.1, 0.15) is 91.6 Å². The van der Waals surface area contributed by atoms with E-state index in [1.807, 2.05) is 0 Å². The minimum absolute atomic E-state index is 0.0868. The molecule has 0 bridgehead atoms. The first-order valence-corrected chi connectivity index (χ1v) is 9.04. The maximum Gasteiger partial charge on any atom is 0.339 e. The van der Waals surface area contributed by atoms with Gasteiger partial charge in [-0.25, -0.2) is 4.79 Å². The van der Waals surface area contributed by atoms with E-state index in [9.17, 15) is 4.79 Å². The number of benzene rings is 1. The third kappa shape index (κ3) is 3.06. The Kier molecular flexibility index (Phi) is 6.05. The normalized spacial score (nSPS) is 13.4. The van der Waals surface area contributed by atoms with E-state index in [4.69, 9.17) is 4.74 Å². The minimum Gasteiger partial charge on any atom is -0.457 e. The fourth-order valence-electron chi connectivity index (χ4n) is 3.83. The zero-order valence-electron chi connectivity index (χ0n) is 14.7.